The molecule has 4 nitrogen and oxygen atoms in total. The maximum atomic E-state index is 11.8. The van der Waals surface area contributed by atoms with E-state index in [0.29, 0.717) is 30.9 Å². The lowest BCUT2D eigenvalue weighted by Crippen LogP contribution is -2.30. The molecule has 1 aromatic rings. The zero-order valence-electron chi connectivity index (χ0n) is 12.7. The molecule has 1 aliphatic rings. The number of ether oxygens (including phenoxy) is 2. The molecular weight excluding hydrogens is 266 g/mol. The van der Waals surface area contributed by atoms with E-state index in [4.69, 9.17) is 15.2 Å². The van der Waals surface area contributed by atoms with Crippen LogP contribution in [0.3, 0.4) is 0 Å². The number of carbonyl (C=O) groups excluding carboxylic acids is 1. The molecule has 2 N–H and O–H groups in total. The minimum atomic E-state index is -0.262. The molecule has 1 fully saturated rings. The number of carbonyl (C=O) groups is 1. The van der Waals surface area contributed by atoms with Gasteiger partial charge < -0.3 is 15.2 Å². The van der Waals surface area contributed by atoms with Crippen molar-refractivity contribution in [3.8, 4) is 0 Å². The Bertz CT molecular complexity index is 453. The van der Waals surface area contributed by atoms with Gasteiger partial charge in [-0.05, 0) is 49.8 Å². The highest BCUT2D eigenvalue weighted by atomic mass is 16.5. The van der Waals surface area contributed by atoms with Crippen LogP contribution in [-0.2, 0) is 16.1 Å². The van der Waals surface area contributed by atoms with Gasteiger partial charge in [-0.15, -0.1) is 0 Å². The van der Waals surface area contributed by atoms with Crippen molar-refractivity contribution in [1.82, 2.24) is 0 Å². The van der Waals surface area contributed by atoms with E-state index in [0.717, 1.165) is 37.7 Å². The summed E-state index contributed by atoms with van der Waals surface area (Å²) in [5, 5.41) is 0. The first-order chi connectivity index (χ1) is 10.2. The van der Waals surface area contributed by atoms with Crippen LogP contribution in [0.2, 0.25) is 0 Å². The summed E-state index contributed by atoms with van der Waals surface area (Å²) in [5.41, 5.74) is 7.49. The molecule has 0 amide bonds. The van der Waals surface area contributed by atoms with Gasteiger partial charge in [-0.25, -0.2) is 4.79 Å². The van der Waals surface area contributed by atoms with Crippen LogP contribution in [0.25, 0.3) is 0 Å². The van der Waals surface area contributed by atoms with E-state index in [1.807, 2.05) is 25.1 Å². The first-order valence-electron chi connectivity index (χ1n) is 7.82. The Balaban J connectivity index is 1.84. The first kappa shape index (κ1) is 16.0. The van der Waals surface area contributed by atoms with Crippen molar-refractivity contribution >= 4 is 5.97 Å². The van der Waals surface area contributed by atoms with Crippen LogP contribution < -0.4 is 5.73 Å². The minimum Gasteiger partial charge on any atom is -0.462 e. The Labute approximate surface area is 126 Å². The minimum absolute atomic E-state index is 0.262. The highest BCUT2D eigenvalue weighted by Gasteiger charge is 2.19. The predicted molar refractivity (Wildman–Crippen MR) is 82.0 cm³/mol. The van der Waals surface area contributed by atoms with Gasteiger partial charge in [0.25, 0.3) is 0 Å². The molecule has 0 saturated heterocycles. The van der Waals surface area contributed by atoms with Gasteiger partial charge >= 0.3 is 5.97 Å². The third-order valence-electron chi connectivity index (χ3n) is 3.80. The smallest absolute Gasteiger partial charge is 0.338 e. The van der Waals surface area contributed by atoms with Crippen molar-refractivity contribution in [3.05, 3.63) is 35.4 Å². The van der Waals surface area contributed by atoms with E-state index in [9.17, 15) is 4.79 Å². The van der Waals surface area contributed by atoms with E-state index in [1.54, 1.807) is 6.07 Å². The lowest BCUT2D eigenvalue weighted by atomic mass is 9.94. The summed E-state index contributed by atoms with van der Waals surface area (Å²) in [5.74, 6) is -0.262. The van der Waals surface area contributed by atoms with Gasteiger partial charge in [-0.3, -0.25) is 0 Å². The number of esters is 1. The number of rotatable bonds is 6. The lowest BCUT2D eigenvalue weighted by molar-refractivity contribution is 0.0137. The average Bonchev–Trinajstić information content (AvgIpc) is 2.52. The molecule has 1 saturated carbocycles. The number of hydrogen-bond acceptors (Lipinski definition) is 4. The second kappa shape index (κ2) is 8.15. The molecule has 0 heterocycles. The van der Waals surface area contributed by atoms with Gasteiger partial charge in [-0.2, -0.15) is 0 Å². The van der Waals surface area contributed by atoms with Crippen LogP contribution in [0.15, 0.2) is 24.3 Å². The van der Waals surface area contributed by atoms with Crippen LogP contribution in [0, 0.1) is 0 Å². The second-order valence-electron chi connectivity index (χ2n) is 5.68. The first-order valence-corrected chi connectivity index (χ1v) is 7.82. The summed E-state index contributed by atoms with van der Waals surface area (Å²) >= 11 is 0. The van der Waals surface area contributed by atoms with Crippen molar-refractivity contribution in [3.63, 3.8) is 0 Å². The maximum absolute atomic E-state index is 11.8. The molecule has 0 radical (unpaired) electrons. The average molecular weight is 291 g/mol. The van der Waals surface area contributed by atoms with Gasteiger partial charge in [0.15, 0.2) is 0 Å². The molecule has 0 bridgehead atoms. The molecule has 2 rings (SSSR count). The predicted octanol–water partition coefficient (Wildman–Crippen LogP) is 3.04. The third kappa shape index (κ3) is 5.14. The monoisotopic (exact) mass is 291 g/mol. The molecule has 21 heavy (non-hydrogen) atoms. The van der Waals surface area contributed by atoms with Crippen molar-refractivity contribution in [2.75, 3.05) is 6.61 Å². The highest BCUT2D eigenvalue weighted by Crippen LogP contribution is 2.21. The number of benzene rings is 1. The van der Waals surface area contributed by atoms with Crippen molar-refractivity contribution in [2.24, 2.45) is 5.73 Å². The van der Waals surface area contributed by atoms with E-state index < -0.39 is 0 Å². The quantitative estimate of drug-likeness (QED) is 0.818. The van der Waals surface area contributed by atoms with Gasteiger partial charge in [0.2, 0.25) is 0 Å². The van der Waals surface area contributed by atoms with Crippen LogP contribution in [0.4, 0.5) is 0 Å². The standard InChI is InChI=1S/C17H25NO3/c1-2-10-20-17(19)14-5-3-4-13(11-14)12-21-16-8-6-15(18)7-9-16/h3-5,11,15-16H,2,6-10,12,18H2,1H3. The SMILES string of the molecule is CCCOC(=O)c1cccc(COC2CCC(N)CC2)c1. The normalized spacial score (nSPS) is 22.0. The fourth-order valence-corrected chi connectivity index (χ4v) is 2.54. The molecule has 0 atom stereocenters. The Hall–Kier alpha value is -1.39. The van der Waals surface area contributed by atoms with Crippen molar-refractivity contribution in [1.29, 1.82) is 0 Å². The summed E-state index contributed by atoms with van der Waals surface area (Å²) in [6.07, 6.45) is 5.25. The van der Waals surface area contributed by atoms with Gasteiger partial charge in [0.05, 0.1) is 24.9 Å². The summed E-state index contributed by atoms with van der Waals surface area (Å²) in [6.45, 7) is 2.98. The van der Waals surface area contributed by atoms with E-state index in [2.05, 4.69) is 0 Å². The van der Waals surface area contributed by atoms with Crippen LogP contribution in [-0.4, -0.2) is 24.7 Å². The Kier molecular flexibility index (Phi) is 6.21. The van der Waals surface area contributed by atoms with Gasteiger partial charge in [-0.1, -0.05) is 19.1 Å². The number of hydrogen-bond donors (Lipinski definition) is 1. The van der Waals surface area contributed by atoms with E-state index in [1.165, 1.54) is 0 Å². The molecule has 4 heteroatoms. The van der Waals surface area contributed by atoms with Crippen LogP contribution in [0.1, 0.15) is 54.9 Å². The largest absolute Gasteiger partial charge is 0.462 e. The van der Waals surface area contributed by atoms with Crippen LogP contribution in [0.5, 0.6) is 0 Å². The molecule has 116 valence electrons. The van der Waals surface area contributed by atoms with Crippen molar-refractivity contribution < 1.29 is 14.3 Å². The zero-order chi connectivity index (χ0) is 15.1. The number of nitrogens with two attached hydrogens (primary N) is 1. The maximum Gasteiger partial charge on any atom is 0.338 e. The molecule has 0 unspecified atom stereocenters. The fraction of sp³-hybridized carbons (Fsp3) is 0.588. The lowest BCUT2D eigenvalue weighted by Gasteiger charge is -2.26. The highest BCUT2D eigenvalue weighted by molar-refractivity contribution is 5.89. The van der Waals surface area contributed by atoms with Gasteiger partial charge in [0, 0.05) is 6.04 Å². The topological polar surface area (TPSA) is 61.5 Å². The molecule has 0 aromatic heterocycles. The Morgan fingerprint density at radius 3 is 2.76 bits per heavy atom. The second-order valence-corrected chi connectivity index (χ2v) is 5.68. The summed E-state index contributed by atoms with van der Waals surface area (Å²) in [7, 11) is 0. The van der Waals surface area contributed by atoms with Gasteiger partial charge in [0.1, 0.15) is 0 Å². The molecular formula is C17H25NO3. The Morgan fingerprint density at radius 2 is 2.05 bits per heavy atom. The Morgan fingerprint density at radius 1 is 1.29 bits per heavy atom. The van der Waals surface area contributed by atoms with E-state index in [-0.39, 0.29) is 5.97 Å². The zero-order valence-corrected chi connectivity index (χ0v) is 12.7. The fourth-order valence-electron chi connectivity index (χ4n) is 2.54. The summed E-state index contributed by atoms with van der Waals surface area (Å²) in [4.78, 5) is 11.8. The molecule has 0 aliphatic heterocycles. The molecule has 1 aromatic carbocycles. The van der Waals surface area contributed by atoms with E-state index >= 15 is 0 Å². The van der Waals surface area contributed by atoms with Crippen LogP contribution >= 0.6 is 0 Å². The van der Waals surface area contributed by atoms with Crippen molar-refractivity contribution in [2.45, 2.75) is 57.8 Å². The summed E-state index contributed by atoms with van der Waals surface area (Å²) in [6, 6.07) is 7.82. The molecule has 1 aliphatic carbocycles. The summed E-state index contributed by atoms with van der Waals surface area (Å²) < 4.78 is 11.1. The molecule has 0 spiro atoms. The third-order valence-corrected chi connectivity index (χ3v) is 3.80.